The highest BCUT2D eigenvalue weighted by atomic mass is 16.6. The lowest BCUT2D eigenvalue weighted by atomic mass is 9.72. The molecule has 0 atom stereocenters. The lowest BCUT2D eigenvalue weighted by Gasteiger charge is -2.42. The molecule has 138 valence electrons. The first kappa shape index (κ1) is 19.1. The maximum atomic E-state index is 12.9. The molecule has 0 saturated carbocycles. The van der Waals surface area contributed by atoms with E-state index in [4.69, 9.17) is 4.74 Å². The number of piperidine rings is 2. The summed E-state index contributed by atoms with van der Waals surface area (Å²) in [5.74, 6) is 0.614. The Hall–Kier alpha value is -1.26. The van der Waals surface area contributed by atoms with E-state index in [9.17, 15) is 9.59 Å². The maximum Gasteiger partial charge on any atom is 0.410 e. The number of rotatable bonds is 2. The monoisotopic (exact) mass is 338 g/mol. The highest BCUT2D eigenvalue weighted by Crippen LogP contribution is 2.37. The van der Waals surface area contributed by atoms with Gasteiger partial charge in [0, 0.05) is 31.6 Å². The topological polar surface area (TPSA) is 49.9 Å². The van der Waals surface area contributed by atoms with Crippen molar-refractivity contribution in [2.45, 2.75) is 72.3 Å². The molecule has 0 aromatic carbocycles. The van der Waals surface area contributed by atoms with Crippen molar-refractivity contribution in [2.24, 2.45) is 11.3 Å². The summed E-state index contributed by atoms with van der Waals surface area (Å²) in [5, 5.41) is 0. The van der Waals surface area contributed by atoms with Gasteiger partial charge in [-0.1, -0.05) is 13.8 Å². The zero-order valence-corrected chi connectivity index (χ0v) is 16.1. The van der Waals surface area contributed by atoms with Crippen LogP contribution in [0, 0.1) is 11.3 Å². The number of hydrogen-bond acceptors (Lipinski definition) is 3. The summed E-state index contributed by atoms with van der Waals surface area (Å²) >= 11 is 0. The largest absolute Gasteiger partial charge is 0.444 e. The normalized spacial score (nSPS) is 20.9. The quantitative estimate of drug-likeness (QED) is 0.772. The molecule has 2 saturated heterocycles. The van der Waals surface area contributed by atoms with Gasteiger partial charge in [0.15, 0.2) is 0 Å². The van der Waals surface area contributed by atoms with E-state index in [0.717, 1.165) is 38.8 Å². The molecule has 0 unspecified atom stereocenters. The van der Waals surface area contributed by atoms with Gasteiger partial charge >= 0.3 is 6.09 Å². The van der Waals surface area contributed by atoms with Crippen molar-refractivity contribution in [2.75, 3.05) is 26.2 Å². The lowest BCUT2D eigenvalue weighted by molar-refractivity contribution is -0.145. The van der Waals surface area contributed by atoms with E-state index in [1.807, 2.05) is 25.7 Å². The van der Waals surface area contributed by atoms with Crippen molar-refractivity contribution in [3.63, 3.8) is 0 Å². The standard InChI is InChI=1S/C19H34N2O3/c1-18(2,3)24-17(23)21-13-9-15(10-14-21)19(4,5)16(22)20-11-7-6-8-12-20/h15H,6-14H2,1-5H3. The third-order valence-corrected chi connectivity index (χ3v) is 5.36. The van der Waals surface area contributed by atoms with Crippen LogP contribution < -0.4 is 0 Å². The van der Waals surface area contributed by atoms with Crippen LogP contribution in [-0.4, -0.2) is 53.6 Å². The van der Waals surface area contributed by atoms with Crippen LogP contribution >= 0.6 is 0 Å². The van der Waals surface area contributed by atoms with E-state index in [1.165, 1.54) is 6.42 Å². The van der Waals surface area contributed by atoms with Crippen LogP contribution in [-0.2, 0) is 9.53 Å². The Bertz CT molecular complexity index is 454. The molecular formula is C19H34N2O3. The van der Waals surface area contributed by atoms with E-state index in [-0.39, 0.29) is 17.4 Å². The first-order valence-corrected chi connectivity index (χ1v) is 9.38. The molecule has 0 spiro atoms. The minimum atomic E-state index is -0.461. The molecule has 5 heteroatoms. The Morgan fingerprint density at radius 1 is 0.833 bits per heavy atom. The molecule has 2 fully saturated rings. The average Bonchev–Trinajstić information content (AvgIpc) is 2.53. The average molecular weight is 338 g/mol. The van der Waals surface area contributed by atoms with Crippen molar-refractivity contribution in [1.82, 2.24) is 9.80 Å². The fourth-order valence-electron chi connectivity index (χ4n) is 3.79. The highest BCUT2D eigenvalue weighted by Gasteiger charge is 2.41. The molecule has 0 aromatic heterocycles. The van der Waals surface area contributed by atoms with E-state index in [1.54, 1.807) is 4.90 Å². The minimum absolute atomic E-state index is 0.235. The zero-order valence-electron chi connectivity index (χ0n) is 16.1. The fraction of sp³-hybridized carbons (Fsp3) is 0.895. The minimum Gasteiger partial charge on any atom is -0.444 e. The molecule has 2 aliphatic heterocycles. The van der Waals surface area contributed by atoms with Gasteiger partial charge in [-0.15, -0.1) is 0 Å². The summed E-state index contributed by atoms with van der Waals surface area (Å²) in [5.41, 5.74) is -0.811. The van der Waals surface area contributed by atoms with E-state index >= 15 is 0 Å². The fourth-order valence-corrected chi connectivity index (χ4v) is 3.79. The van der Waals surface area contributed by atoms with Crippen molar-refractivity contribution in [3.8, 4) is 0 Å². The molecule has 2 heterocycles. The number of nitrogens with zero attached hydrogens (tertiary/aromatic N) is 2. The van der Waals surface area contributed by atoms with Crippen molar-refractivity contribution < 1.29 is 14.3 Å². The molecule has 0 N–H and O–H groups in total. The molecule has 2 rings (SSSR count). The molecule has 2 amide bonds. The predicted octanol–water partition coefficient (Wildman–Crippen LogP) is 3.67. The van der Waals surface area contributed by atoms with Gasteiger partial charge in [0.1, 0.15) is 5.60 Å². The molecule has 24 heavy (non-hydrogen) atoms. The molecule has 5 nitrogen and oxygen atoms in total. The van der Waals surface area contributed by atoms with Gasteiger partial charge in [-0.25, -0.2) is 4.79 Å². The number of likely N-dealkylation sites (tertiary alicyclic amines) is 2. The molecule has 0 bridgehead atoms. The molecule has 0 radical (unpaired) electrons. The van der Waals surface area contributed by atoms with Gasteiger partial charge in [0.25, 0.3) is 0 Å². The Morgan fingerprint density at radius 3 is 1.88 bits per heavy atom. The van der Waals surface area contributed by atoms with E-state index in [0.29, 0.717) is 19.0 Å². The van der Waals surface area contributed by atoms with Gasteiger partial charge in [-0.05, 0) is 58.8 Å². The van der Waals surface area contributed by atoms with Crippen molar-refractivity contribution >= 4 is 12.0 Å². The van der Waals surface area contributed by atoms with Crippen LogP contribution in [0.15, 0.2) is 0 Å². The zero-order chi connectivity index (χ0) is 18.0. The molecule has 0 aromatic rings. The Balaban J connectivity index is 1.90. The van der Waals surface area contributed by atoms with Gasteiger partial charge in [-0.2, -0.15) is 0 Å². The second kappa shape index (κ2) is 7.32. The Labute approximate surface area is 146 Å². The number of carbonyl (C=O) groups is 2. The molecule has 2 aliphatic rings. The predicted molar refractivity (Wildman–Crippen MR) is 94.7 cm³/mol. The van der Waals surface area contributed by atoms with Crippen LogP contribution in [0.4, 0.5) is 4.79 Å². The molecule has 0 aliphatic carbocycles. The lowest BCUT2D eigenvalue weighted by Crippen LogP contribution is -2.50. The summed E-state index contributed by atoms with van der Waals surface area (Å²) in [6.07, 6.45) is 4.98. The SMILES string of the molecule is CC(C)(C)OC(=O)N1CCC(C(C)(C)C(=O)N2CCCCC2)CC1. The molecular weight excluding hydrogens is 304 g/mol. The van der Waals surface area contributed by atoms with E-state index < -0.39 is 5.60 Å². The highest BCUT2D eigenvalue weighted by molar-refractivity contribution is 5.82. The summed E-state index contributed by atoms with van der Waals surface area (Å²) in [7, 11) is 0. The number of amides is 2. The van der Waals surface area contributed by atoms with Crippen LogP contribution in [0.5, 0.6) is 0 Å². The van der Waals surface area contributed by atoms with Crippen LogP contribution in [0.25, 0.3) is 0 Å². The third-order valence-electron chi connectivity index (χ3n) is 5.36. The van der Waals surface area contributed by atoms with Gasteiger partial charge in [0.05, 0.1) is 0 Å². The second-order valence-electron chi connectivity index (χ2n) is 8.82. The van der Waals surface area contributed by atoms with E-state index in [2.05, 4.69) is 13.8 Å². The summed E-state index contributed by atoms with van der Waals surface area (Å²) < 4.78 is 5.45. The first-order valence-electron chi connectivity index (χ1n) is 9.38. The maximum absolute atomic E-state index is 12.9. The second-order valence-corrected chi connectivity index (χ2v) is 8.82. The number of ether oxygens (including phenoxy) is 1. The first-order chi connectivity index (χ1) is 11.1. The third kappa shape index (κ3) is 4.64. The van der Waals surface area contributed by atoms with Crippen molar-refractivity contribution in [1.29, 1.82) is 0 Å². The van der Waals surface area contributed by atoms with Gasteiger partial charge < -0.3 is 14.5 Å². The van der Waals surface area contributed by atoms with Gasteiger partial charge in [-0.3, -0.25) is 4.79 Å². The smallest absolute Gasteiger partial charge is 0.410 e. The van der Waals surface area contributed by atoms with Crippen LogP contribution in [0.2, 0.25) is 0 Å². The summed E-state index contributed by atoms with van der Waals surface area (Å²) in [6.45, 7) is 13.0. The summed E-state index contributed by atoms with van der Waals surface area (Å²) in [4.78, 5) is 28.9. The Kier molecular flexibility index (Phi) is 5.82. The number of hydrogen-bond donors (Lipinski definition) is 0. The van der Waals surface area contributed by atoms with Gasteiger partial charge in [0.2, 0.25) is 5.91 Å². The number of carbonyl (C=O) groups excluding carboxylic acids is 2. The summed E-state index contributed by atoms with van der Waals surface area (Å²) in [6, 6.07) is 0. The van der Waals surface area contributed by atoms with Crippen LogP contribution in [0.3, 0.4) is 0 Å². The Morgan fingerprint density at radius 2 is 1.38 bits per heavy atom. The van der Waals surface area contributed by atoms with Crippen LogP contribution in [0.1, 0.15) is 66.7 Å². The van der Waals surface area contributed by atoms with Crippen molar-refractivity contribution in [3.05, 3.63) is 0 Å².